The first kappa shape index (κ1) is 17.9. The van der Waals surface area contributed by atoms with Gasteiger partial charge in [0.2, 0.25) is 11.8 Å². The van der Waals surface area contributed by atoms with Crippen LogP contribution in [0, 0.1) is 12.8 Å². The lowest BCUT2D eigenvalue weighted by molar-refractivity contribution is -0.126. The molecule has 1 saturated heterocycles. The molecule has 1 unspecified atom stereocenters. The number of anilines is 1. The van der Waals surface area contributed by atoms with E-state index in [-0.39, 0.29) is 36.7 Å². The first-order chi connectivity index (χ1) is 9.56. The van der Waals surface area contributed by atoms with Gasteiger partial charge in [-0.3, -0.25) is 9.59 Å². The quantitative estimate of drug-likeness (QED) is 0.751. The van der Waals surface area contributed by atoms with Crippen molar-refractivity contribution in [2.75, 3.05) is 25.0 Å². The molecule has 0 aliphatic carbocycles. The van der Waals surface area contributed by atoms with Crippen molar-refractivity contribution >= 4 is 45.8 Å². The summed E-state index contributed by atoms with van der Waals surface area (Å²) in [6.45, 7) is 3.48. The maximum Gasteiger partial charge on any atom is 0.243 e. The fraction of sp³-hybridized carbons (Fsp3) is 0.429. The Morgan fingerprint density at radius 2 is 2.19 bits per heavy atom. The van der Waals surface area contributed by atoms with E-state index in [0.717, 1.165) is 28.7 Å². The van der Waals surface area contributed by atoms with Gasteiger partial charge in [-0.2, -0.15) is 0 Å². The Bertz CT molecular complexity index is 519. The molecule has 1 atom stereocenters. The van der Waals surface area contributed by atoms with Gasteiger partial charge < -0.3 is 16.0 Å². The maximum absolute atomic E-state index is 11.8. The molecule has 3 N–H and O–H groups in total. The van der Waals surface area contributed by atoms with Crippen molar-refractivity contribution in [2.45, 2.75) is 13.3 Å². The van der Waals surface area contributed by atoms with Crippen LogP contribution in [-0.4, -0.2) is 31.4 Å². The highest BCUT2D eigenvalue weighted by molar-refractivity contribution is 9.10. The number of hydrogen-bond donors (Lipinski definition) is 3. The van der Waals surface area contributed by atoms with Gasteiger partial charge in [0.15, 0.2) is 0 Å². The summed E-state index contributed by atoms with van der Waals surface area (Å²) in [5.41, 5.74) is 1.73. The molecule has 116 valence electrons. The Hall–Kier alpha value is -1.11. The van der Waals surface area contributed by atoms with Crippen molar-refractivity contribution in [3.05, 3.63) is 28.2 Å². The van der Waals surface area contributed by atoms with Crippen molar-refractivity contribution in [1.82, 2.24) is 10.6 Å². The average molecular weight is 377 g/mol. The molecule has 5 nitrogen and oxygen atoms in total. The summed E-state index contributed by atoms with van der Waals surface area (Å²) < 4.78 is 0.902. The van der Waals surface area contributed by atoms with Gasteiger partial charge in [-0.05, 0) is 37.6 Å². The van der Waals surface area contributed by atoms with Crippen LogP contribution in [0.4, 0.5) is 5.69 Å². The van der Waals surface area contributed by atoms with E-state index in [1.54, 1.807) is 0 Å². The molecule has 2 amide bonds. The van der Waals surface area contributed by atoms with Crippen LogP contribution in [-0.2, 0) is 9.59 Å². The SMILES string of the molecule is Cc1ccc(Br)cc1NC(=O)CNC(=O)C1CCNC1.Cl. The molecule has 0 saturated carbocycles. The average Bonchev–Trinajstić information content (AvgIpc) is 2.94. The van der Waals surface area contributed by atoms with Gasteiger partial charge in [0.25, 0.3) is 0 Å². The zero-order valence-corrected chi connectivity index (χ0v) is 14.1. The van der Waals surface area contributed by atoms with E-state index in [9.17, 15) is 9.59 Å². The zero-order chi connectivity index (χ0) is 14.5. The van der Waals surface area contributed by atoms with Crippen LogP contribution in [0.3, 0.4) is 0 Å². The van der Waals surface area contributed by atoms with Crippen LogP contribution in [0.25, 0.3) is 0 Å². The molecule has 0 aromatic heterocycles. The minimum atomic E-state index is -0.217. The van der Waals surface area contributed by atoms with Gasteiger partial charge in [0.05, 0.1) is 12.5 Å². The Labute approximate surface area is 138 Å². The predicted molar refractivity (Wildman–Crippen MR) is 88.7 cm³/mol. The molecule has 21 heavy (non-hydrogen) atoms. The lowest BCUT2D eigenvalue weighted by Gasteiger charge is -2.11. The van der Waals surface area contributed by atoms with E-state index < -0.39 is 0 Å². The normalized spacial score (nSPS) is 17.0. The molecular weight excluding hydrogens is 358 g/mol. The summed E-state index contributed by atoms with van der Waals surface area (Å²) >= 11 is 3.37. The minimum absolute atomic E-state index is 0. The van der Waals surface area contributed by atoms with Crippen molar-refractivity contribution in [3.63, 3.8) is 0 Å². The van der Waals surface area contributed by atoms with Crippen molar-refractivity contribution in [3.8, 4) is 0 Å². The number of rotatable bonds is 4. The Kier molecular flexibility index (Phi) is 7.14. The highest BCUT2D eigenvalue weighted by Crippen LogP contribution is 2.20. The lowest BCUT2D eigenvalue weighted by Crippen LogP contribution is -2.37. The van der Waals surface area contributed by atoms with Gasteiger partial charge in [-0.25, -0.2) is 0 Å². The molecule has 0 bridgehead atoms. The number of carbonyl (C=O) groups is 2. The van der Waals surface area contributed by atoms with E-state index in [1.165, 1.54) is 0 Å². The first-order valence-electron chi connectivity index (χ1n) is 6.60. The fourth-order valence-corrected chi connectivity index (χ4v) is 2.47. The molecular formula is C14H19BrClN3O2. The Morgan fingerprint density at radius 1 is 1.43 bits per heavy atom. The van der Waals surface area contributed by atoms with Crippen LogP contribution in [0.2, 0.25) is 0 Å². The fourth-order valence-electron chi connectivity index (χ4n) is 2.11. The highest BCUT2D eigenvalue weighted by Gasteiger charge is 2.22. The zero-order valence-electron chi connectivity index (χ0n) is 11.7. The van der Waals surface area contributed by atoms with Crippen molar-refractivity contribution in [1.29, 1.82) is 0 Å². The summed E-state index contributed by atoms with van der Waals surface area (Å²) in [5.74, 6) is -0.294. The molecule has 1 aromatic rings. The second-order valence-corrected chi connectivity index (χ2v) is 5.83. The number of benzene rings is 1. The molecule has 1 aromatic carbocycles. The van der Waals surface area contributed by atoms with Crippen LogP contribution in [0.15, 0.2) is 22.7 Å². The van der Waals surface area contributed by atoms with Crippen molar-refractivity contribution < 1.29 is 9.59 Å². The summed E-state index contributed by atoms with van der Waals surface area (Å²) in [6.07, 6.45) is 0.832. The topological polar surface area (TPSA) is 70.2 Å². The van der Waals surface area contributed by atoms with Crippen LogP contribution < -0.4 is 16.0 Å². The number of nitrogens with one attached hydrogen (secondary N) is 3. The van der Waals surface area contributed by atoms with E-state index in [2.05, 4.69) is 31.9 Å². The van der Waals surface area contributed by atoms with Gasteiger partial charge in [-0.15, -0.1) is 12.4 Å². The third-order valence-corrected chi connectivity index (χ3v) is 3.82. The third-order valence-electron chi connectivity index (χ3n) is 3.33. The molecule has 1 heterocycles. The van der Waals surface area contributed by atoms with E-state index in [4.69, 9.17) is 0 Å². The van der Waals surface area contributed by atoms with Gasteiger partial charge >= 0.3 is 0 Å². The standard InChI is InChI=1S/C14H18BrN3O2.ClH/c1-9-2-3-11(15)6-12(9)18-13(19)8-17-14(20)10-4-5-16-7-10;/h2-3,6,10,16H,4-5,7-8H2,1H3,(H,17,20)(H,18,19);1H. The monoisotopic (exact) mass is 375 g/mol. The van der Waals surface area contributed by atoms with E-state index in [1.807, 2.05) is 25.1 Å². The number of carbonyl (C=O) groups excluding carboxylic acids is 2. The van der Waals surface area contributed by atoms with Crippen molar-refractivity contribution in [2.24, 2.45) is 5.92 Å². The van der Waals surface area contributed by atoms with E-state index >= 15 is 0 Å². The predicted octanol–water partition coefficient (Wildman–Crippen LogP) is 1.84. The summed E-state index contributed by atoms with van der Waals surface area (Å²) in [4.78, 5) is 23.6. The first-order valence-corrected chi connectivity index (χ1v) is 7.40. The maximum atomic E-state index is 11.8. The van der Waals surface area contributed by atoms with Crippen LogP contribution >= 0.6 is 28.3 Å². The van der Waals surface area contributed by atoms with Gasteiger partial charge in [0.1, 0.15) is 0 Å². The van der Waals surface area contributed by atoms with Crippen LogP contribution in [0.1, 0.15) is 12.0 Å². The minimum Gasteiger partial charge on any atom is -0.347 e. The second-order valence-electron chi connectivity index (χ2n) is 4.91. The molecule has 0 spiro atoms. The largest absolute Gasteiger partial charge is 0.347 e. The molecule has 1 fully saturated rings. The highest BCUT2D eigenvalue weighted by atomic mass is 79.9. The Morgan fingerprint density at radius 3 is 2.86 bits per heavy atom. The van der Waals surface area contributed by atoms with E-state index in [0.29, 0.717) is 6.54 Å². The van der Waals surface area contributed by atoms with Gasteiger partial charge in [-0.1, -0.05) is 22.0 Å². The smallest absolute Gasteiger partial charge is 0.243 e. The lowest BCUT2D eigenvalue weighted by atomic mass is 10.1. The molecule has 2 rings (SSSR count). The van der Waals surface area contributed by atoms with Crippen LogP contribution in [0.5, 0.6) is 0 Å². The molecule has 7 heteroatoms. The summed E-state index contributed by atoms with van der Waals surface area (Å²) in [7, 11) is 0. The van der Waals surface area contributed by atoms with Gasteiger partial charge in [0, 0.05) is 16.7 Å². The Balaban J connectivity index is 0.00000220. The molecule has 1 aliphatic rings. The third kappa shape index (κ3) is 5.30. The summed E-state index contributed by atoms with van der Waals surface area (Å²) in [5, 5.41) is 8.60. The molecule has 0 radical (unpaired) electrons. The number of aryl methyl sites for hydroxylation is 1. The number of halogens is 2. The number of hydrogen-bond acceptors (Lipinski definition) is 3. The second kappa shape index (κ2) is 8.36. The summed E-state index contributed by atoms with van der Waals surface area (Å²) in [6, 6.07) is 5.68. The molecule has 1 aliphatic heterocycles. The number of amides is 2.